The Bertz CT molecular complexity index is 794. The minimum atomic E-state index is -0.127. The summed E-state index contributed by atoms with van der Waals surface area (Å²) in [7, 11) is 3.20. The highest BCUT2D eigenvalue weighted by atomic mass is 16.5. The van der Waals surface area contributed by atoms with Gasteiger partial charge in [0.05, 0.1) is 31.9 Å². The van der Waals surface area contributed by atoms with Gasteiger partial charge in [0, 0.05) is 22.9 Å². The summed E-state index contributed by atoms with van der Waals surface area (Å²) in [5.41, 5.74) is 2.60. The predicted molar refractivity (Wildman–Crippen MR) is 92.7 cm³/mol. The lowest BCUT2D eigenvalue weighted by atomic mass is 10.0. The number of carbonyl (C=O) groups excluding carboxylic acids is 1. The van der Waals surface area contributed by atoms with Crippen molar-refractivity contribution in [1.82, 2.24) is 0 Å². The predicted octanol–water partition coefficient (Wildman–Crippen LogP) is 3.95. The normalized spacial score (nSPS) is 11.3. The second-order valence-corrected chi connectivity index (χ2v) is 5.40. The fourth-order valence-corrected chi connectivity index (χ4v) is 2.53. The Morgan fingerprint density at radius 2 is 1.92 bits per heavy atom. The Hall–Kier alpha value is -3.00. The third-order valence-corrected chi connectivity index (χ3v) is 3.81. The van der Waals surface area contributed by atoms with Gasteiger partial charge >= 0.3 is 0 Å². The summed E-state index contributed by atoms with van der Waals surface area (Å²) in [6, 6.07) is 12.5. The van der Waals surface area contributed by atoms with Gasteiger partial charge in [0.15, 0.2) is 5.78 Å². The third-order valence-electron chi connectivity index (χ3n) is 3.81. The van der Waals surface area contributed by atoms with Crippen molar-refractivity contribution in [2.24, 2.45) is 0 Å². The van der Waals surface area contributed by atoms with E-state index in [0.29, 0.717) is 28.3 Å². The monoisotopic (exact) mass is 324 g/mol. The van der Waals surface area contributed by atoms with Crippen molar-refractivity contribution in [2.75, 3.05) is 19.5 Å². The number of nitriles is 1. The summed E-state index contributed by atoms with van der Waals surface area (Å²) >= 11 is 0. The van der Waals surface area contributed by atoms with E-state index in [4.69, 9.17) is 14.7 Å². The van der Waals surface area contributed by atoms with Gasteiger partial charge in [-0.15, -0.1) is 0 Å². The van der Waals surface area contributed by atoms with Gasteiger partial charge in [-0.25, -0.2) is 0 Å². The highest BCUT2D eigenvalue weighted by Crippen LogP contribution is 2.32. The van der Waals surface area contributed by atoms with Crippen LogP contribution in [0.2, 0.25) is 0 Å². The molecule has 0 aliphatic heterocycles. The number of Topliss-reactive ketones (excluding diaryl/α,β-unsaturated/α-hetero) is 1. The van der Waals surface area contributed by atoms with Crippen molar-refractivity contribution in [3.63, 3.8) is 0 Å². The molecule has 0 saturated heterocycles. The van der Waals surface area contributed by atoms with Crippen LogP contribution in [0, 0.1) is 11.3 Å². The molecule has 0 fully saturated rings. The fourth-order valence-electron chi connectivity index (χ4n) is 2.53. The molecule has 0 aromatic heterocycles. The Balaban J connectivity index is 2.38. The summed E-state index contributed by atoms with van der Waals surface area (Å²) in [6.07, 6.45) is 0. The number of anilines is 1. The molecule has 124 valence electrons. The minimum Gasteiger partial charge on any atom is -0.497 e. The molecule has 0 aliphatic rings. The number of hydrogen-bond donors (Lipinski definition) is 1. The Labute approximate surface area is 141 Å². The van der Waals surface area contributed by atoms with E-state index < -0.39 is 0 Å². The van der Waals surface area contributed by atoms with Crippen LogP contribution in [0.3, 0.4) is 0 Å². The van der Waals surface area contributed by atoms with Gasteiger partial charge < -0.3 is 14.8 Å². The van der Waals surface area contributed by atoms with Gasteiger partial charge in [-0.3, -0.25) is 4.79 Å². The van der Waals surface area contributed by atoms with Gasteiger partial charge in [-0.2, -0.15) is 5.26 Å². The smallest absolute Gasteiger partial charge is 0.161 e. The van der Waals surface area contributed by atoms with Crippen LogP contribution in [0.1, 0.15) is 41.4 Å². The Kier molecular flexibility index (Phi) is 5.43. The van der Waals surface area contributed by atoms with Crippen molar-refractivity contribution in [2.45, 2.75) is 19.9 Å². The van der Waals surface area contributed by atoms with E-state index >= 15 is 0 Å². The van der Waals surface area contributed by atoms with Crippen LogP contribution in [0.25, 0.3) is 0 Å². The van der Waals surface area contributed by atoms with Gasteiger partial charge in [-0.05, 0) is 44.2 Å². The number of benzene rings is 2. The zero-order valence-electron chi connectivity index (χ0n) is 14.2. The van der Waals surface area contributed by atoms with Gasteiger partial charge in [0.2, 0.25) is 0 Å². The maximum absolute atomic E-state index is 11.8. The summed E-state index contributed by atoms with van der Waals surface area (Å²) in [5, 5.41) is 12.4. The summed E-state index contributed by atoms with van der Waals surface area (Å²) in [5.74, 6) is 1.34. The molecule has 1 atom stereocenters. The average Bonchev–Trinajstić information content (AvgIpc) is 2.60. The number of carbonyl (C=O) groups is 1. The molecule has 0 radical (unpaired) electrons. The van der Waals surface area contributed by atoms with E-state index in [1.165, 1.54) is 6.92 Å². The highest BCUT2D eigenvalue weighted by Gasteiger charge is 2.16. The molecule has 0 aliphatic carbocycles. The van der Waals surface area contributed by atoms with Crippen LogP contribution >= 0.6 is 0 Å². The van der Waals surface area contributed by atoms with Crippen molar-refractivity contribution in [3.8, 4) is 17.6 Å². The third kappa shape index (κ3) is 3.66. The molecule has 5 nitrogen and oxygen atoms in total. The molecule has 0 heterocycles. The topological polar surface area (TPSA) is 71.3 Å². The highest BCUT2D eigenvalue weighted by molar-refractivity contribution is 5.99. The van der Waals surface area contributed by atoms with Crippen LogP contribution in [0.5, 0.6) is 11.5 Å². The van der Waals surface area contributed by atoms with E-state index in [0.717, 1.165) is 5.56 Å². The van der Waals surface area contributed by atoms with Crippen molar-refractivity contribution < 1.29 is 14.3 Å². The molecule has 2 aromatic rings. The lowest BCUT2D eigenvalue weighted by Crippen LogP contribution is -2.11. The second kappa shape index (κ2) is 7.51. The molecule has 0 bridgehead atoms. The molecule has 1 unspecified atom stereocenters. The lowest BCUT2D eigenvalue weighted by molar-refractivity contribution is 0.101. The standard InChI is InChI=1S/C19H20N2O3/c1-12(16-8-6-15(23-3)10-19(16)24-4)21-18-9-14(11-20)5-7-17(18)13(2)22/h5-10,12,21H,1-4H3. The van der Waals surface area contributed by atoms with Crippen LogP contribution in [-0.2, 0) is 0 Å². The summed E-state index contributed by atoms with van der Waals surface area (Å²) in [4.78, 5) is 11.8. The first-order chi connectivity index (χ1) is 11.5. The van der Waals surface area contributed by atoms with E-state index in [1.54, 1.807) is 32.4 Å². The number of methoxy groups -OCH3 is 2. The van der Waals surface area contributed by atoms with Gasteiger partial charge in [0.25, 0.3) is 0 Å². The number of rotatable bonds is 6. The zero-order chi connectivity index (χ0) is 17.7. The molecular formula is C19H20N2O3. The fraction of sp³-hybridized carbons (Fsp3) is 0.263. The van der Waals surface area contributed by atoms with Crippen molar-refractivity contribution >= 4 is 11.5 Å². The van der Waals surface area contributed by atoms with Gasteiger partial charge in [-0.1, -0.05) is 0 Å². The summed E-state index contributed by atoms with van der Waals surface area (Å²) in [6.45, 7) is 3.47. The first-order valence-corrected chi connectivity index (χ1v) is 7.53. The van der Waals surface area contributed by atoms with Crippen LogP contribution < -0.4 is 14.8 Å². The molecule has 0 amide bonds. The maximum Gasteiger partial charge on any atom is 0.161 e. The number of hydrogen-bond acceptors (Lipinski definition) is 5. The molecule has 24 heavy (non-hydrogen) atoms. The van der Waals surface area contributed by atoms with E-state index in [-0.39, 0.29) is 11.8 Å². The molecular weight excluding hydrogens is 304 g/mol. The quantitative estimate of drug-likeness (QED) is 0.815. The minimum absolute atomic E-state index is 0.0594. The molecule has 2 rings (SSSR count). The number of nitrogens with zero attached hydrogens (tertiary/aromatic N) is 1. The van der Waals surface area contributed by atoms with Crippen LogP contribution in [-0.4, -0.2) is 20.0 Å². The molecule has 1 N–H and O–H groups in total. The molecule has 2 aromatic carbocycles. The lowest BCUT2D eigenvalue weighted by Gasteiger charge is -2.20. The second-order valence-electron chi connectivity index (χ2n) is 5.40. The number of ether oxygens (including phenoxy) is 2. The van der Waals surface area contributed by atoms with Crippen LogP contribution in [0.4, 0.5) is 5.69 Å². The average molecular weight is 324 g/mol. The van der Waals surface area contributed by atoms with Crippen molar-refractivity contribution in [1.29, 1.82) is 5.26 Å². The SMILES string of the molecule is COc1ccc(C(C)Nc2cc(C#N)ccc2C(C)=O)c(OC)c1. The van der Waals surface area contributed by atoms with Crippen molar-refractivity contribution in [3.05, 3.63) is 53.1 Å². The Morgan fingerprint density at radius 1 is 1.17 bits per heavy atom. The molecule has 0 spiro atoms. The van der Waals surface area contributed by atoms with E-state index in [2.05, 4.69) is 11.4 Å². The van der Waals surface area contributed by atoms with E-state index in [1.807, 2.05) is 25.1 Å². The largest absolute Gasteiger partial charge is 0.497 e. The summed E-state index contributed by atoms with van der Waals surface area (Å²) < 4.78 is 10.6. The molecule has 5 heteroatoms. The zero-order valence-corrected chi connectivity index (χ0v) is 14.2. The first kappa shape index (κ1) is 17.4. The Morgan fingerprint density at radius 3 is 2.50 bits per heavy atom. The maximum atomic E-state index is 11.8. The van der Waals surface area contributed by atoms with Crippen LogP contribution in [0.15, 0.2) is 36.4 Å². The first-order valence-electron chi connectivity index (χ1n) is 7.53. The number of ketones is 1. The van der Waals surface area contributed by atoms with Gasteiger partial charge in [0.1, 0.15) is 11.5 Å². The number of nitrogens with one attached hydrogen (secondary N) is 1. The molecule has 0 saturated carbocycles. The van der Waals surface area contributed by atoms with E-state index in [9.17, 15) is 4.79 Å².